The smallest absolute Gasteiger partial charge is 0.200 e. The molecule has 0 aliphatic rings. The molecule has 0 aromatic rings. The van der Waals surface area contributed by atoms with Crippen LogP contribution in [0.2, 0.25) is 0 Å². The van der Waals surface area contributed by atoms with E-state index in [0.29, 0.717) is 5.92 Å². The largest absolute Gasteiger partial charge is 0.307 e. The van der Waals surface area contributed by atoms with E-state index in [1.165, 1.54) is 0 Å². The molecule has 0 spiro atoms. The fraction of sp³-hybridized carbons (Fsp3) is 0.571. The maximum atomic E-state index is 4.07. The summed E-state index contributed by atoms with van der Waals surface area (Å²) in [6.07, 6.45) is 0. The number of nitrogens with zero attached hydrogens (tertiary/aromatic N) is 1. The molecule has 0 aliphatic heterocycles. The van der Waals surface area contributed by atoms with Crippen LogP contribution in [-0.4, -0.2) is 19.9 Å². The van der Waals surface area contributed by atoms with Crippen molar-refractivity contribution in [3.05, 3.63) is 12.6 Å². The van der Waals surface area contributed by atoms with Crippen molar-refractivity contribution in [1.29, 1.82) is 0 Å². The van der Waals surface area contributed by atoms with Crippen LogP contribution in [0.15, 0.2) is 17.5 Å². The second kappa shape index (κ2) is 4.36. The van der Waals surface area contributed by atoms with Crippen LogP contribution in [0.3, 0.4) is 0 Å². The molecule has 1 nitrogen and oxygen atoms in total. The maximum Gasteiger partial charge on any atom is 0.200 e. The Morgan fingerprint density at radius 3 is 2.33 bits per heavy atom. The van der Waals surface area contributed by atoms with Crippen molar-refractivity contribution in [3.63, 3.8) is 0 Å². The molecule has 0 aliphatic carbocycles. The second-order valence-electron chi connectivity index (χ2n) is 2.21. The Hall–Kier alpha value is -0.525. The molecule has 0 fully saturated rings. The predicted molar refractivity (Wildman–Crippen MR) is 44.1 cm³/mol. The molecule has 0 aromatic heterocycles. The lowest BCUT2D eigenvalue weighted by molar-refractivity contribution is 0.895. The highest BCUT2D eigenvalue weighted by Gasteiger charge is 2.00. The summed E-state index contributed by atoms with van der Waals surface area (Å²) in [6, 6.07) is 0. The topological polar surface area (TPSA) is 12.4 Å². The van der Waals surface area contributed by atoms with Crippen LogP contribution >= 0.6 is 0 Å². The van der Waals surface area contributed by atoms with Crippen molar-refractivity contribution in [2.24, 2.45) is 10.9 Å². The minimum absolute atomic E-state index is 0.507. The minimum Gasteiger partial charge on any atom is -0.307 e. The Labute approximate surface area is 58.1 Å². The lowest BCUT2D eigenvalue weighted by Gasteiger charge is -2.03. The molecule has 0 atom stereocenters. The molecule has 0 rings (SSSR count). The van der Waals surface area contributed by atoms with Crippen LogP contribution in [0.1, 0.15) is 13.8 Å². The van der Waals surface area contributed by atoms with E-state index in [-0.39, 0.29) is 0 Å². The third-order valence-corrected chi connectivity index (χ3v) is 1.14. The number of hydrogen-bond donors (Lipinski definition) is 0. The molecule has 1 radical (unpaired) electrons. The Morgan fingerprint density at radius 1 is 1.67 bits per heavy atom. The summed E-state index contributed by atoms with van der Waals surface area (Å²) < 4.78 is 0. The molecular weight excluding hydrogens is 109 g/mol. The lowest BCUT2D eigenvalue weighted by atomic mass is 9.68. The number of rotatable bonds is 3. The van der Waals surface area contributed by atoms with Gasteiger partial charge in [0.05, 0.1) is 0 Å². The predicted octanol–water partition coefficient (Wildman–Crippen LogP) is 1.52. The molecule has 0 unspecified atom stereocenters. The van der Waals surface area contributed by atoms with Gasteiger partial charge in [0.2, 0.25) is 0 Å². The van der Waals surface area contributed by atoms with Gasteiger partial charge in [-0.05, 0) is 11.5 Å². The monoisotopic (exact) mass is 122 g/mol. The first-order chi connectivity index (χ1) is 4.22. The maximum absolute atomic E-state index is 4.07. The summed E-state index contributed by atoms with van der Waals surface area (Å²) in [5, 5.41) is 0. The van der Waals surface area contributed by atoms with E-state index in [1.807, 2.05) is 7.28 Å². The molecule has 0 saturated heterocycles. The average molecular weight is 122 g/mol. The van der Waals surface area contributed by atoms with Gasteiger partial charge in [-0.15, -0.1) is 12.6 Å². The van der Waals surface area contributed by atoms with Crippen LogP contribution in [0, 0.1) is 5.92 Å². The Bertz CT molecular complexity index is 116. The van der Waals surface area contributed by atoms with E-state index in [2.05, 4.69) is 25.4 Å². The van der Waals surface area contributed by atoms with Crippen LogP contribution in [0.4, 0.5) is 0 Å². The summed E-state index contributed by atoms with van der Waals surface area (Å²) in [4.78, 5) is 4.07. The first-order valence-corrected chi connectivity index (χ1v) is 3.14. The van der Waals surface area contributed by atoms with Gasteiger partial charge in [-0.2, -0.15) is 0 Å². The molecule has 0 N–H and O–H groups in total. The molecular formula is C7H13BN. The van der Waals surface area contributed by atoms with Gasteiger partial charge in [-0.3, -0.25) is 0 Å². The molecule has 0 bridgehead atoms. The quantitative estimate of drug-likeness (QED) is 0.397. The highest BCUT2D eigenvalue weighted by Crippen LogP contribution is 1.94. The van der Waals surface area contributed by atoms with Crippen molar-refractivity contribution < 1.29 is 0 Å². The zero-order valence-electron chi connectivity index (χ0n) is 6.39. The van der Waals surface area contributed by atoms with Gasteiger partial charge in [0.25, 0.3) is 0 Å². The van der Waals surface area contributed by atoms with Crippen LogP contribution in [-0.2, 0) is 0 Å². The fourth-order valence-electron chi connectivity index (χ4n) is 0.646. The first kappa shape index (κ1) is 8.47. The average Bonchev–Trinajstić information content (AvgIpc) is 1.82. The van der Waals surface area contributed by atoms with Gasteiger partial charge < -0.3 is 4.99 Å². The highest BCUT2D eigenvalue weighted by atomic mass is 14.7. The summed E-state index contributed by atoms with van der Waals surface area (Å²) in [7, 11) is 3.74. The van der Waals surface area contributed by atoms with Crippen molar-refractivity contribution in [1.82, 2.24) is 0 Å². The zero-order chi connectivity index (χ0) is 7.28. The van der Waals surface area contributed by atoms with Crippen LogP contribution < -0.4 is 0 Å². The molecule has 0 aromatic carbocycles. The minimum atomic E-state index is 0.507. The van der Waals surface area contributed by atoms with Gasteiger partial charge >= 0.3 is 0 Å². The highest BCUT2D eigenvalue weighted by molar-refractivity contribution is 6.79. The summed E-state index contributed by atoms with van der Waals surface area (Å²) in [5.41, 5.74) is 1.10. The third-order valence-electron chi connectivity index (χ3n) is 1.14. The third kappa shape index (κ3) is 3.12. The van der Waals surface area contributed by atoms with E-state index in [0.717, 1.165) is 5.61 Å². The molecule has 9 heavy (non-hydrogen) atoms. The van der Waals surface area contributed by atoms with E-state index < -0.39 is 0 Å². The normalized spacial score (nSPS) is 11.8. The lowest BCUT2D eigenvalue weighted by Crippen LogP contribution is -2.13. The fourth-order valence-corrected chi connectivity index (χ4v) is 0.646. The molecule has 0 saturated carbocycles. The number of aliphatic imine (C=N–C) groups is 1. The summed E-state index contributed by atoms with van der Waals surface area (Å²) >= 11 is 0. The van der Waals surface area contributed by atoms with E-state index in [1.54, 1.807) is 13.0 Å². The Kier molecular flexibility index (Phi) is 4.11. The Morgan fingerprint density at radius 2 is 2.22 bits per heavy atom. The number of hydrogen-bond acceptors (Lipinski definition) is 1. The standard InChI is InChI=1S/C7H13BN/c1-5-8-7(9-4)6(2)3/h5-6H,1H2,2-4H3. The zero-order valence-corrected chi connectivity index (χ0v) is 6.39. The van der Waals surface area contributed by atoms with Gasteiger partial charge in [0, 0.05) is 7.05 Å². The van der Waals surface area contributed by atoms with Gasteiger partial charge in [-0.1, -0.05) is 13.8 Å². The van der Waals surface area contributed by atoms with Crippen molar-refractivity contribution >= 4 is 12.9 Å². The molecule has 0 heterocycles. The van der Waals surface area contributed by atoms with Crippen molar-refractivity contribution in [2.75, 3.05) is 7.05 Å². The summed E-state index contributed by atoms with van der Waals surface area (Å²) in [6.45, 7) is 7.82. The van der Waals surface area contributed by atoms with Crippen molar-refractivity contribution in [2.45, 2.75) is 13.8 Å². The van der Waals surface area contributed by atoms with Gasteiger partial charge in [0.15, 0.2) is 7.28 Å². The van der Waals surface area contributed by atoms with Crippen LogP contribution in [0.5, 0.6) is 0 Å². The first-order valence-electron chi connectivity index (χ1n) is 3.14. The molecule has 49 valence electrons. The van der Waals surface area contributed by atoms with Crippen LogP contribution in [0.25, 0.3) is 0 Å². The van der Waals surface area contributed by atoms with Gasteiger partial charge in [-0.25, -0.2) is 0 Å². The van der Waals surface area contributed by atoms with Crippen molar-refractivity contribution in [3.8, 4) is 0 Å². The Balaban J connectivity index is 3.84. The SMILES string of the molecule is C=C[B]C(=NC)C(C)C. The second-order valence-corrected chi connectivity index (χ2v) is 2.21. The summed E-state index contributed by atoms with van der Waals surface area (Å²) in [5.74, 6) is 2.27. The van der Waals surface area contributed by atoms with E-state index >= 15 is 0 Å². The molecule has 0 amide bonds. The van der Waals surface area contributed by atoms with Gasteiger partial charge in [0.1, 0.15) is 0 Å². The molecule has 2 heteroatoms. The van der Waals surface area contributed by atoms with E-state index in [9.17, 15) is 0 Å². The van der Waals surface area contributed by atoms with E-state index in [4.69, 9.17) is 0 Å².